The Morgan fingerprint density at radius 1 is 1.44 bits per heavy atom. The van der Waals surface area contributed by atoms with E-state index in [1.807, 2.05) is 0 Å². The highest BCUT2D eigenvalue weighted by atomic mass is 16.6. The van der Waals surface area contributed by atoms with Crippen LogP contribution in [0.5, 0.6) is 0 Å². The molecule has 0 saturated carbocycles. The molecule has 0 amide bonds. The molecule has 2 heterocycles. The van der Waals surface area contributed by atoms with Crippen molar-refractivity contribution in [3.05, 3.63) is 28.0 Å². The summed E-state index contributed by atoms with van der Waals surface area (Å²) in [5, 5.41) is 10.5. The van der Waals surface area contributed by atoms with Crippen molar-refractivity contribution in [2.75, 3.05) is 13.2 Å². The standard InChI is InChI=1S/C10H14N2O4/c11-10(7-3-5-15-6-4-7)8-1-2-9(16-8)12(13)14/h1-2,7,10H,3-6,11H2/t10-/m0/s1. The van der Waals surface area contributed by atoms with Crippen molar-refractivity contribution in [2.45, 2.75) is 18.9 Å². The van der Waals surface area contributed by atoms with Crippen LogP contribution in [0, 0.1) is 16.0 Å². The highest BCUT2D eigenvalue weighted by Crippen LogP contribution is 2.30. The molecule has 0 bridgehead atoms. The molecular weight excluding hydrogens is 212 g/mol. The smallest absolute Gasteiger partial charge is 0.404 e. The Morgan fingerprint density at radius 3 is 2.69 bits per heavy atom. The SMILES string of the molecule is N[C@H](c1ccc([N+](=O)[O-])o1)C1CCOCC1. The van der Waals surface area contributed by atoms with Gasteiger partial charge in [0.05, 0.1) is 12.1 Å². The van der Waals surface area contributed by atoms with Crippen molar-refractivity contribution in [1.82, 2.24) is 0 Å². The molecule has 1 aromatic heterocycles. The van der Waals surface area contributed by atoms with E-state index in [0.717, 1.165) is 12.8 Å². The zero-order valence-corrected chi connectivity index (χ0v) is 8.80. The van der Waals surface area contributed by atoms with E-state index in [0.29, 0.717) is 19.0 Å². The molecule has 0 radical (unpaired) electrons. The topological polar surface area (TPSA) is 91.5 Å². The van der Waals surface area contributed by atoms with Crippen LogP contribution in [-0.2, 0) is 4.74 Å². The summed E-state index contributed by atoms with van der Waals surface area (Å²) in [6.07, 6.45) is 1.74. The lowest BCUT2D eigenvalue weighted by Gasteiger charge is -2.25. The van der Waals surface area contributed by atoms with Crippen molar-refractivity contribution in [2.24, 2.45) is 11.7 Å². The number of nitrogens with two attached hydrogens (primary N) is 1. The molecule has 88 valence electrons. The number of nitrogens with zero attached hydrogens (tertiary/aromatic N) is 1. The fraction of sp³-hybridized carbons (Fsp3) is 0.600. The first-order chi connectivity index (χ1) is 7.68. The van der Waals surface area contributed by atoms with E-state index in [1.165, 1.54) is 6.07 Å². The van der Waals surface area contributed by atoms with Gasteiger partial charge in [0.2, 0.25) is 0 Å². The van der Waals surface area contributed by atoms with Crippen molar-refractivity contribution in [3.63, 3.8) is 0 Å². The van der Waals surface area contributed by atoms with Gasteiger partial charge in [0.25, 0.3) is 0 Å². The Bertz CT molecular complexity index is 371. The van der Waals surface area contributed by atoms with Gasteiger partial charge in [-0.25, -0.2) is 0 Å². The second-order valence-electron chi connectivity index (χ2n) is 3.91. The van der Waals surface area contributed by atoms with Crippen LogP contribution in [0.4, 0.5) is 5.88 Å². The van der Waals surface area contributed by atoms with Gasteiger partial charge < -0.3 is 14.9 Å². The number of hydrogen-bond donors (Lipinski definition) is 1. The first-order valence-corrected chi connectivity index (χ1v) is 5.26. The second-order valence-corrected chi connectivity index (χ2v) is 3.91. The summed E-state index contributed by atoms with van der Waals surface area (Å²) in [5.41, 5.74) is 6.01. The fourth-order valence-electron chi connectivity index (χ4n) is 1.93. The normalized spacial score (nSPS) is 19.6. The van der Waals surface area contributed by atoms with Gasteiger partial charge in [0.15, 0.2) is 0 Å². The van der Waals surface area contributed by atoms with Crippen molar-refractivity contribution in [3.8, 4) is 0 Å². The molecular formula is C10H14N2O4. The Hall–Kier alpha value is -1.40. The van der Waals surface area contributed by atoms with Gasteiger partial charge in [-0.1, -0.05) is 0 Å². The van der Waals surface area contributed by atoms with E-state index >= 15 is 0 Å². The first-order valence-electron chi connectivity index (χ1n) is 5.26. The van der Waals surface area contributed by atoms with Crippen molar-refractivity contribution >= 4 is 5.88 Å². The minimum atomic E-state index is -0.555. The summed E-state index contributed by atoms with van der Waals surface area (Å²) >= 11 is 0. The minimum Gasteiger partial charge on any atom is -0.404 e. The highest BCUT2D eigenvalue weighted by molar-refractivity contribution is 5.20. The molecule has 1 fully saturated rings. The number of hydrogen-bond acceptors (Lipinski definition) is 5. The molecule has 2 N–H and O–H groups in total. The molecule has 1 aromatic rings. The zero-order chi connectivity index (χ0) is 11.5. The molecule has 1 atom stereocenters. The maximum Gasteiger partial charge on any atom is 0.433 e. The third-order valence-electron chi connectivity index (χ3n) is 2.89. The molecule has 0 aromatic carbocycles. The fourth-order valence-corrected chi connectivity index (χ4v) is 1.93. The molecule has 1 saturated heterocycles. The maximum atomic E-state index is 10.5. The summed E-state index contributed by atoms with van der Waals surface area (Å²) < 4.78 is 10.3. The van der Waals surface area contributed by atoms with Gasteiger partial charge in [-0.2, -0.15) is 0 Å². The summed E-state index contributed by atoms with van der Waals surface area (Å²) in [5.74, 6) is 0.510. The lowest BCUT2D eigenvalue weighted by molar-refractivity contribution is -0.402. The second kappa shape index (κ2) is 4.63. The Kier molecular flexibility index (Phi) is 3.21. The molecule has 0 spiro atoms. The van der Waals surface area contributed by atoms with E-state index in [-0.39, 0.29) is 17.8 Å². The molecule has 1 aliphatic heterocycles. The van der Waals surface area contributed by atoms with E-state index in [2.05, 4.69) is 0 Å². The average Bonchev–Trinajstić information content (AvgIpc) is 2.78. The number of rotatable bonds is 3. The molecule has 0 unspecified atom stereocenters. The van der Waals surface area contributed by atoms with Crippen LogP contribution in [0.15, 0.2) is 16.5 Å². The molecule has 16 heavy (non-hydrogen) atoms. The number of nitro groups is 1. The first kappa shape index (κ1) is 11.1. The van der Waals surface area contributed by atoms with Crippen molar-refractivity contribution < 1.29 is 14.1 Å². The lowest BCUT2D eigenvalue weighted by Crippen LogP contribution is -2.27. The molecule has 2 rings (SSSR count). The van der Waals surface area contributed by atoms with Crippen LogP contribution in [0.1, 0.15) is 24.6 Å². The van der Waals surface area contributed by atoms with Gasteiger partial charge >= 0.3 is 5.88 Å². The predicted molar refractivity (Wildman–Crippen MR) is 55.8 cm³/mol. The third-order valence-corrected chi connectivity index (χ3v) is 2.89. The van der Waals surface area contributed by atoms with E-state index < -0.39 is 4.92 Å². The predicted octanol–water partition coefficient (Wildman–Crippen LogP) is 1.61. The Morgan fingerprint density at radius 2 is 2.12 bits per heavy atom. The number of furan rings is 1. The summed E-state index contributed by atoms with van der Waals surface area (Å²) in [6.45, 7) is 1.39. The van der Waals surface area contributed by atoms with Crippen LogP contribution in [0.25, 0.3) is 0 Å². The van der Waals surface area contributed by atoms with Crippen molar-refractivity contribution in [1.29, 1.82) is 0 Å². The van der Waals surface area contributed by atoms with Crippen LogP contribution in [-0.4, -0.2) is 18.1 Å². The van der Waals surface area contributed by atoms with Crippen LogP contribution in [0.2, 0.25) is 0 Å². The monoisotopic (exact) mass is 226 g/mol. The largest absolute Gasteiger partial charge is 0.433 e. The number of ether oxygens (including phenoxy) is 1. The zero-order valence-electron chi connectivity index (χ0n) is 8.80. The van der Waals surface area contributed by atoms with E-state index in [9.17, 15) is 10.1 Å². The van der Waals surface area contributed by atoms with Gasteiger partial charge in [0, 0.05) is 13.2 Å². The summed E-state index contributed by atoms with van der Waals surface area (Å²) in [7, 11) is 0. The van der Waals surface area contributed by atoms with Gasteiger partial charge in [-0.05, 0) is 24.8 Å². The molecule has 0 aliphatic carbocycles. The maximum absolute atomic E-state index is 10.5. The summed E-state index contributed by atoms with van der Waals surface area (Å²) in [4.78, 5) is 9.91. The molecule has 6 nitrogen and oxygen atoms in total. The Labute approximate surface area is 92.5 Å². The third kappa shape index (κ3) is 2.23. The molecule has 1 aliphatic rings. The van der Waals surface area contributed by atoms with Crippen LogP contribution < -0.4 is 5.73 Å². The summed E-state index contributed by atoms with van der Waals surface area (Å²) in [6, 6.07) is 2.64. The van der Waals surface area contributed by atoms with Gasteiger partial charge in [-0.15, -0.1) is 0 Å². The highest BCUT2D eigenvalue weighted by Gasteiger charge is 2.26. The van der Waals surface area contributed by atoms with Gasteiger partial charge in [-0.3, -0.25) is 10.1 Å². The van der Waals surface area contributed by atoms with E-state index in [1.54, 1.807) is 6.07 Å². The van der Waals surface area contributed by atoms with E-state index in [4.69, 9.17) is 14.9 Å². The van der Waals surface area contributed by atoms with Crippen LogP contribution in [0.3, 0.4) is 0 Å². The average molecular weight is 226 g/mol. The molecule has 6 heteroatoms. The minimum absolute atomic E-state index is 0.252. The Balaban J connectivity index is 2.07. The lowest BCUT2D eigenvalue weighted by atomic mass is 9.91. The van der Waals surface area contributed by atoms with Gasteiger partial charge in [0.1, 0.15) is 10.7 Å². The quantitative estimate of drug-likeness (QED) is 0.624. The van der Waals surface area contributed by atoms with Crippen LogP contribution >= 0.6 is 0 Å².